The van der Waals surface area contributed by atoms with E-state index in [1.54, 1.807) is 37.3 Å². The van der Waals surface area contributed by atoms with Gasteiger partial charge in [-0.3, -0.25) is 0 Å². The van der Waals surface area contributed by atoms with Crippen molar-refractivity contribution in [2.75, 3.05) is 0 Å². The van der Waals surface area contributed by atoms with Crippen molar-refractivity contribution in [2.45, 2.75) is 13.0 Å². The minimum atomic E-state index is -0.365. The number of hydroxylamine groups is 1. The molecule has 4 heteroatoms. The Morgan fingerprint density at radius 2 is 1.70 bits per heavy atom. The SMILES string of the molecule is CC(/C=C/c1cc(F)cc(-c2ccc(F)cc2)c1)NO. The van der Waals surface area contributed by atoms with E-state index in [1.165, 1.54) is 24.3 Å². The van der Waals surface area contributed by atoms with Gasteiger partial charge in [-0.2, -0.15) is 5.48 Å². The highest BCUT2D eigenvalue weighted by atomic mass is 19.1. The van der Waals surface area contributed by atoms with E-state index in [0.717, 1.165) is 5.56 Å². The molecule has 0 aliphatic heterocycles. The van der Waals surface area contributed by atoms with Gasteiger partial charge in [0.05, 0.1) is 0 Å². The van der Waals surface area contributed by atoms with Crippen LogP contribution in [-0.2, 0) is 0 Å². The lowest BCUT2D eigenvalue weighted by molar-refractivity contribution is 0.150. The van der Waals surface area contributed by atoms with E-state index in [0.29, 0.717) is 11.1 Å². The zero-order valence-corrected chi connectivity index (χ0v) is 11.0. The Morgan fingerprint density at radius 1 is 1.00 bits per heavy atom. The van der Waals surface area contributed by atoms with E-state index in [9.17, 15) is 8.78 Å². The lowest BCUT2D eigenvalue weighted by Gasteiger charge is -2.05. The molecule has 1 atom stereocenters. The molecule has 0 aromatic heterocycles. The summed E-state index contributed by atoms with van der Waals surface area (Å²) in [5.41, 5.74) is 4.17. The van der Waals surface area contributed by atoms with Crippen molar-refractivity contribution in [3.8, 4) is 11.1 Å². The van der Waals surface area contributed by atoms with E-state index in [-0.39, 0.29) is 17.7 Å². The first-order chi connectivity index (χ1) is 9.58. The van der Waals surface area contributed by atoms with Crippen LogP contribution in [0.15, 0.2) is 48.5 Å². The average molecular weight is 275 g/mol. The van der Waals surface area contributed by atoms with Crippen LogP contribution in [0, 0.1) is 11.6 Å². The maximum atomic E-state index is 13.6. The summed E-state index contributed by atoms with van der Waals surface area (Å²) in [6.45, 7) is 1.76. The number of hydrogen-bond donors (Lipinski definition) is 2. The van der Waals surface area contributed by atoms with Gasteiger partial charge in [-0.25, -0.2) is 8.78 Å². The molecule has 0 saturated carbocycles. The van der Waals surface area contributed by atoms with Crippen LogP contribution in [0.5, 0.6) is 0 Å². The third kappa shape index (κ3) is 3.73. The molecule has 2 rings (SSSR count). The first-order valence-electron chi connectivity index (χ1n) is 6.23. The van der Waals surface area contributed by atoms with E-state index in [4.69, 9.17) is 5.21 Å². The van der Waals surface area contributed by atoms with Crippen molar-refractivity contribution in [3.63, 3.8) is 0 Å². The predicted octanol–water partition coefficient (Wildman–Crippen LogP) is 4.01. The highest BCUT2D eigenvalue weighted by Crippen LogP contribution is 2.23. The molecule has 0 heterocycles. The molecule has 104 valence electrons. The monoisotopic (exact) mass is 275 g/mol. The second kappa shape index (κ2) is 6.41. The topological polar surface area (TPSA) is 32.3 Å². The van der Waals surface area contributed by atoms with Gasteiger partial charge in [0.1, 0.15) is 11.6 Å². The van der Waals surface area contributed by atoms with Gasteiger partial charge >= 0.3 is 0 Å². The van der Waals surface area contributed by atoms with Gasteiger partial charge in [0.15, 0.2) is 0 Å². The molecule has 1 unspecified atom stereocenters. The highest BCUT2D eigenvalue weighted by molar-refractivity contribution is 5.67. The fourth-order valence-corrected chi connectivity index (χ4v) is 1.82. The van der Waals surface area contributed by atoms with Crippen molar-refractivity contribution in [2.24, 2.45) is 0 Å². The molecular weight excluding hydrogens is 260 g/mol. The number of nitrogens with one attached hydrogen (secondary N) is 1. The van der Waals surface area contributed by atoms with Crippen molar-refractivity contribution in [1.29, 1.82) is 0 Å². The van der Waals surface area contributed by atoms with Gasteiger partial charge < -0.3 is 5.21 Å². The Labute approximate surface area is 116 Å². The molecule has 2 nitrogen and oxygen atoms in total. The summed E-state index contributed by atoms with van der Waals surface area (Å²) in [4.78, 5) is 0. The summed E-state index contributed by atoms with van der Waals surface area (Å²) in [6, 6.07) is 10.3. The second-order valence-corrected chi connectivity index (χ2v) is 4.56. The third-order valence-electron chi connectivity index (χ3n) is 2.88. The van der Waals surface area contributed by atoms with Gasteiger partial charge in [-0.1, -0.05) is 24.3 Å². The molecule has 20 heavy (non-hydrogen) atoms. The lowest BCUT2D eigenvalue weighted by Crippen LogP contribution is -2.18. The maximum absolute atomic E-state index is 13.6. The van der Waals surface area contributed by atoms with Gasteiger partial charge in [-0.15, -0.1) is 0 Å². The molecule has 2 N–H and O–H groups in total. The minimum absolute atomic E-state index is 0.229. The molecule has 0 radical (unpaired) electrons. The Balaban J connectivity index is 2.33. The molecule has 0 fully saturated rings. The minimum Gasteiger partial charge on any atom is -0.316 e. The summed E-state index contributed by atoms with van der Waals surface area (Å²) in [5.74, 6) is -0.691. The largest absolute Gasteiger partial charge is 0.316 e. The van der Waals surface area contributed by atoms with Crippen LogP contribution in [0.4, 0.5) is 8.78 Å². The number of benzene rings is 2. The number of rotatable bonds is 4. The normalized spacial score (nSPS) is 12.8. The summed E-state index contributed by atoms with van der Waals surface area (Å²) >= 11 is 0. The molecule has 0 aliphatic carbocycles. The number of halogens is 2. The van der Waals surface area contributed by atoms with Gasteiger partial charge in [0.25, 0.3) is 0 Å². The molecule has 0 saturated heterocycles. The second-order valence-electron chi connectivity index (χ2n) is 4.56. The van der Waals surface area contributed by atoms with Crippen molar-refractivity contribution >= 4 is 6.08 Å². The molecule has 0 amide bonds. The fraction of sp³-hybridized carbons (Fsp3) is 0.125. The van der Waals surface area contributed by atoms with Crippen LogP contribution < -0.4 is 5.48 Å². The molecule has 2 aromatic rings. The third-order valence-corrected chi connectivity index (χ3v) is 2.88. The number of hydrogen-bond acceptors (Lipinski definition) is 2. The lowest BCUT2D eigenvalue weighted by atomic mass is 10.0. The van der Waals surface area contributed by atoms with Crippen LogP contribution in [0.3, 0.4) is 0 Å². The summed E-state index contributed by atoms with van der Waals surface area (Å²) < 4.78 is 26.5. The standard InChI is InChI=1S/C16H15F2NO/c1-11(19-20)2-3-12-8-14(10-16(18)9-12)13-4-6-15(17)7-5-13/h2-11,19-20H,1H3/b3-2+. The van der Waals surface area contributed by atoms with Crippen LogP contribution in [0.1, 0.15) is 12.5 Å². The highest BCUT2D eigenvalue weighted by Gasteiger charge is 2.03. The fourth-order valence-electron chi connectivity index (χ4n) is 1.82. The summed E-state index contributed by atoms with van der Waals surface area (Å²) in [7, 11) is 0. The van der Waals surface area contributed by atoms with Crippen LogP contribution >= 0.6 is 0 Å². The van der Waals surface area contributed by atoms with Crippen LogP contribution in [0.2, 0.25) is 0 Å². The smallest absolute Gasteiger partial charge is 0.124 e. The molecule has 0 bridgehead atoms. The van der Waals surface area contributed by atoms with Crippen molar-refractivity contribution in [3.05, 3.63) is 65.7 Å². The molecule has 2 aromatic carbocycles. The van der Waals surface area contributed by atoms with Crippen molar-refractivity contribution in [1.82, 2.24) is 5.48 Å². The zero-order valence-electron chi connectivity index (χ0n) is 11.0. The van der Waals surface area contributed by atoms with E-state index in [1.807, 2.05) is 0 Å². The molecule has 0 aliphatic rings. The quantitative estimate of drug-likeness (QED) is 0.826. The van der Waals surface area contributed by atoms with Crippen molar-refractivity contribution < 1.29 is 14.0 Å². The summed E-state index contributed by atoms with van der Waals surface area (Å²) in [5, 5.41) is 8.72. The van der Waals surface area contributed by atoms with E-state index < -0.39 is 0 Å². The van der Waals surface area contributed by atoms with Crippen LogP contribution in [-0.4, -0.2) is 11.2 Å². The van der Waals surface area contributed by atoms with E-state index >= 15 is 0 Å². The zero-order chi connectivity index (χ0) is 14.5. The molecule has 0 spiro atoms. The Kier molecular flexibility index (Phi) is 4.61. The maximum Gasteiger partial charge on any atom is 0.124 e. The molecular formula is C16H15F2NO. The van der Waals surface area contributed by atoms with Gasteiger partial charge in [0, 0.05) is 6.04 Å². The Morgan fingerprint density at radius 3 is 2.35 bits per heavy atom. The Hall–Kier alpha value is -2.04. The predicted molar refractivity (Wildman–Crippen MR) is 75.2 cm³/mol. The van der Waals surface area contributed by atoms with Crippen LogP contribution in [0.25, 0.3) is 17.2 Å². The Bertz CT molecular complexity index is 608. The van der Waals surface area contributed by atoms with Gasteiger partial charge in [0.2, 0.25) is 0 Å². The first kappa shape index (κ1) is 14.4. The van der Waals surface area contributed by atoms with Gasteiger partial charge in [-0.05, 0) is 53.9 Å². The average Bonchev–Trinajstić information content (AvgIpc) is 2.45. The van der Waals surface area contributed by atoms with E-state index in [2.05, 4.69) is 5.48 Å². The first-order valence-corrected chi connectivity index (χ1v) is 6.23. The summed E-state index contributed by atoms with van der Waals surface area (Å²) in [6.07, 6.45) is 3.42.